The molecule has 1 aliphatic heterocycles. The molecular formula is C11H9BrN4O2. The summed E-state index contributed by atoms with van der Waals surface area (Å²) < 4.78 is 2.50. The zero-order chi connectivity index (χ0) is 12.7. The average molecular weight is 309 g/mol. The molecule has 0 radical (unpaired) electrons. The van der Waals surface area contributed by atoms with E-state index in [0.717, 1.165) is 4.47 Å². The Balaban J connectivity index is 1.99. The Kier molecular flexibility index (Phi) is 2.62. The molecule has 2 aromatic heterocycles. The largest absolute Gasteiger partial charge is 0.296 e. The van der Waals surface area contributed by atoms with Gasteiger partial charge < -0.3 is 0 Å². The van der Waals surface area contributed by atoms with Gasteiger partial charge in [-0.25, -0.2) is 9.50 Å². The van der Waals surface area contributed by atoms with Crippen molar-refractivity contribution in [3.8, 4) is 0 Å². The maximum absolute atomic E-state index is 11.7. The van der Waals surface area contributed by atoms with Crippen LogP contribution in [0.2, 0.25) is 0 Å². The van der Waals surface area contributed by atoms with E-state index in [4.69, 9.17) is 0 Å². The van der Waals surface area contributed by atoms with Gasteiger partial charge in [0.25, 0.3) is 0 Å². The van der Waals surface area contributed by atoms with Crippen molar-refractivity contribution in [3.05, 3.63) is 28.6 Å². The summed E-state index contributed by atoms with van der Waals surface area (Å²) in [5.41, 5.74) is 0.679. The van der Waals surface area contributed by atoms with Gasteiger partial charge in [0.2, 0.25) is 11.8 Å². The second kappa shape index (κ2) is 4.16. The van der Waals surface area contributed by atoms with Crippen LogP contribution in [0.5, 0.6) is 0 Å². The van der Waals surface area contributed by atoms with Crippen molar-refractivity contribution in [2.24, 2.45) is 0 Å². The molecule has 1 atom stereocenters. The van der Waals surface area contributed by atoms with Gasteiger partial charge in [-0.15, -0.1) is 0 Å². The minimum absolute atomic E-state index is 0.234. The van der Waals surface area contributed by atoms with Gasteiger partial charge in [0.1, 0.15) is 5.92 Å². The number of imide groups is 1. The van der Waals surface area contributed by atoms with E-state index in [1.54, 1.807) is 10.7 Å². The van der Waals surface area contributed by atoms with Crippen molar-refractivity contribution in [2.45, 2.75) is 18.8 Å². The number of piperidine rings is 1. The van der Waals surface area contributed by atoms with Crippen molar-refractivity contribution in [2.75, 3.05) is 0 Å². The van der Waals surface area contributed by atoms with Crippen LogP contribution in [0.25, 0.3) is 5.65 Å². The molecule has 3 heterocycles. The van der Waals surface area contributed by atoms with E-state index < -0.39 is 5.92 Å². The lowest BCUT2D eigenvalue weighted by Crippen LogP contribution is -2.39. The maximum atomic E-state index is 11.7. The second-order valence-corrected chi connectivity index (χ2v) is 5.04. The lowest BCUT2D eigenvalue weighted by Gasteiger charge is -2.17. The first-order chi connectivity index (χ1) is 8.63. The number of amides is 2. The molecule has 2 aromatic rings. The number of aromatic nitrogens is 3. The summed E-state index contributed by atoms with van der Waals surface area (Å²) in [6.45, 7) is 0. The highest BCUT2D eigenvalue weighted by Gasteiger charge is 2.31. The van der Waals surface area contributed by atoms with Gasteiger partial charge in [-0.2, -0.15) is 5.10 Å². The normalized spacial score (nSPS) is 20.2. The van der Waals surface area contributed by atoms with Gasteiger partial charge in [0.15, 0.2) is 11.5 Å². The molecule has 0 saturated carbocycles. The van der Waals surface area contributed by atoms with Crippen LogP contribution in [0.15, 0.2) is 22.8 Å². The zero-order valence-electron chi connectivity index (χ0n) is 9.26. The number of carbonyl (C=O) groups excluding carboxylic acids is 2. The molecule has 2 amide bonds. The molecule has 7 heteroatoms. The van der Waals surface area contributed by atoms with Crippen LogP contribution in [0.1, 0.15) is 24.6 Å². The topological polar surface area (TPSA) is 76.4 Å². The molecule has 1 saturated heterocycles. The van der Waals surface area contributed by atoms with Gasteiger partial charge in [-0.1, -0.05) is 0 Å². The summed E-state index contributed by atoms with van der Waals surface area (Å²) >= 11 is 3.34. The minimum Gasteiger partial charge on any atom is -0.296 e. The molecule has 18 heavy (non-hydrogen) atoms. The Morgan fingerprint density at radius 1 is 1.39 bits per heavy atom. The average Bonchev–Trinajstić information content (AvgIpc) is 2.71. The fraction of sp³-hybridized carbons (Fsp3) is 0.273. The van der Waals surface area contributed by atoms with E-state index in [0.29, 0.717) is 24.3 Å². The van der Waals surface area contributed by atoms with Gasteiger partial charge in [0.05, 0.1) is 0 Å². The fourth-order valence-electron chi connectivity index (χ4n) is 1.96. The van der Waals surface area contributed by atoms with Crippen LogP contribution in [0.3, 0.4) is 0 Å². The number of fused-ring (bicyclic) bond motifs is 1. The van der Waals surface area contributed by atoms with Crippen LogP contribution in [-0.2, 0) is 9.59 Å². The molecule has 1 unspecified atom stereocenters. The Bertz CT molecular complexity index is 652. The van der Waals surface area contributed by atoms with E-state index in [9.17, 15) is 9.59 Å². The number of pyridine rings is 1. The molecule has 3 rings (SSSR count). The third-order valence-electron chi connectivity index (χ3n) is 2.86. The van der Waals surface area contributed by atoms with Crippen molar-refractivity contribution in [1.82, 2.24) is 19.9 Å². The molecule has 0 aromatic carbocycles. The first-order valence-corrected chi connectivity index (χ1v) is 6.28. The van der Waals surface area contributed by atoms with Crippen molar-refractivity contribution < 1.29 is 9.59 Å². The SMILES string of the molecule is O=C1CCC(c2nc3ccc(Br)cn3n2)C(=O)N1. The monoisotopic (exact) mass is 308 g/mol. The van der Waals surface area contributed by atoms with Crippen molar-refractivity contribution in [1.29, 1.82) is 0 Å². The molecule has 6 nitrogen and oxygen atoms in total. The summed E-state index contributed by atoms with van der Waals surface area (Å²) in [5.74, 6) is -0.538. The Morgan fingerprint density at radius 3 is 3.00 bits per heavy atom. The van der Waals surface area contributed by atoms with Crippen LogP contribution in [0, 0.1) is 0 Å². The van der Waals surface area contributed by atoms with Crippen molar-refractivity contribution >= 4 is 33.4 Å². The summed E-state index contributed by atoms with van der Waals surface area (Å²) in [7, 11) is 0. The molecule has 0 bridgehead atoms. The molecule has 1 aliphatic rings. The highest BCUT2D eigenvalue weighted by Crippen LogP contribution is 2.22. The number of hydrogen-bond acceptors (Lipinski definition) is 4. The van der Waals surface area contributed by atoms with E-state index >= 15 is 0 Å². The Morgan fingerprint density at radius 2 is 2.22 bits per heavy atom. The third kappa shape index (κ3) is 1.90. The van der Waals surface area contributed by atoms with Gasteiger partial charge in [-0.05, 0) is 34.5 Å². The quantitative estimate of drug-likeness (QED) is 0.798. The number of nitrogens with zero attached hydrogens (tertiary/aromatic N) is 3. The predicted octanol–water partition coefficient (Wildman–Crippen LogP) is 1.01. The Hall–Kier alpha value is -1.76. The Labute approximate surface area is 111 Å². The predicted molar refractivity (Wildman–Crippen MR) is 65.8 cm³/mol. The smallest absolute Gasteiger partial charge is 0.237 e. The van der Waals surface area contributed by atoms with E-state index in [1.165, 1.54) is 0 Å². The number of nitrogens with one attached hydrogen (secondary N) is 1. The van der Waals surface area contributed by atoms with Gasteiger partial charge in [-0.3, -0.25) is 14.9 Å². The van der Waals surface area contributed by atoms with Crippen LogP contribution in [0.4, 0.5) is 0 Å². The summed E-state index contributed by atoms with van der Waals surface area (Å²) in [4.78, 5) is 27.1. The highest BCUT2D eigenvalue weighted by atomic mass is 79.9. The fourth-order valence-corrected chi connectivity index (χ4v) is 2.29. The molecule has 0 aliphatic carbocycles. The third-order valence-corrected chi connectivity index (χ3v) is 3.33. The number of carbonyl (C=O) groups is 2. The number of hydrogen-bond donors (Lipinski definition) is 1. The molecule has 0 spiro atoms. The first kappa shape index (κ1) is 11.3. The van der Waals surface area contributed by atoms with E-state index in [1.807, 2.05) is 12.1 Å². The molecule has 92 valence electrons. The van der Waals surface area contributed by atoms with Gasteiger partial charge in [0, 0.05) is 17.1 Å². The number of halogens is 1. The maximum Gasteiger partial charge on any atom is 0.237 e. The van der Waals surface area contributed by atoms with Crippen LogP contribution < -0.4 is 5.32 Å². The summed E-state index contributed by atoms with van der Waals surface area (Å²) in [6.07, 6.45) is 2.57. The van der Waals surface area contributed by atoms with Crippen molar-refractivity contribution in [3.63, 3.8) is 0 Å². The molecule has 1 fully saturated rings. The molecule has 1 N–H and O–H groups in total. The zero-order valence-corrected chi connectivity index (χ0v) is 10.8. The van der Waals surface area contributed by atoms with Crippen LogP contribution in [-0.4, -0.2) is 26.4 Å². The lowest BCUT2D eigenvalue weighted by atomic mass is 9.98. The molecular weight excluding hydrogens is 300 g/mol. The van der Waals surface area contributed by atoms with E-state index in [-0.39, 0.29) is 11.8 Å². The summed E-state index contributed by atoms with van der Waals surface area (Å²) in [6, 6.07) is 3.67. The number of rotatable bonds is 1. The van der Waals surface area contributed by atoms with E-state index in [2.05, 4.69) is 31.3 Å². The standard InChI is InChI=1S/C11H9BrN4O2/c12-6-1-3-8-13-10(15-16(8)5-6)7-2-4-9(17)14-11(7)18/h1,3,5,7H,2,4H2,(H,14,17,18). The van der Waals surface area contributed by atoms with Crippen LogP contribution >= 0.6 is 15.9 Å². The summed E-state index contributed by atoms with van der Waals surface area (Å²) in [5, 5.41) is 6.58. The van der Waals surface area contributed by atoms with Gasteiger partial charge >= 0.3 is 0 Å². The minimum atomic E-state index is -0.443. The highest BCUT2D eigenvalue weighted by molar-refractivity contribution is 9.10. The lowest BCUT2D eigenvalue weighted by molar-refractivity contribution is -0.134. The second-order valence-electron chi connectivity index (χ2n) is 4.12. The first-order valence-electron chi connectivity index (χ1n) is 5.49.